The minimum Gasteiger partial charge on any atom is -0.508 e. The van der Waals surface area contributed by atoms with Crippen LogP contribution in [0.5, 0.6) is 5.75 Å². The lowest BCUT2D eigenvalue weighted by Gasteiger charge is -2.37. The van der Waals surface area contributed by atoms with Gasteiger partial charge in [0.25, 0.3) is 0 Å². The van der Waals surface area contributed by atoms with Crippen LogP contribution in [0, 0.1) is 0 Å². The van der Waals surface area contributed by atoms with Crippen molar-refractivity contribution < 1.29 is 19.4 Å². The number of allylic oxidation sites excluding steroid dienone is 4. The Morgan fingerprint density at radius 3 is 2.41 bits per heavy atom. The molecule has 3 unspecified atom stereocenters. The first kappa shape index (κ1) is 24.9. The molecule has 0 fully saturated rings. The number of hydrogen-bond acceptors (Lipinski definition) is 5. The van der Waals surface area contributed by atoms with Crippen LogP contribution in [-0.4, -0.2) is 23.0 Å². The maximum Gasteiger partial charge on any atom is 0.337 e. The summed E-state index contributed by atoms with van der Waals surface area (Å²) < 4.78 is 5.84. The van der Waals surface area contributed by atoms with E-state index in [-0.39, 0.29) is 23.6 Å². The number of hydrogen-bond donors (Lipinski definition) is 2. The predicted octanol–water partition coefficient (Wildman–Crippen LogP) is 6.68. The van der Waals surface area contributed by atoms with Crippen LogP contribution in [0.1, 0.15) is 55.6 Å². The van der Waals surface area contributed by atoms with Gasteiger partial charge >= 0.3 is 5.97 Å². The molecule has 0 saturated carbocycles. The monoisotopic (exact) mass is 517 g/mol. The Hall–Kier alpha value is -4.38. The number of ketones is 1. The Morgan fingerprint density at radius 1 is 0.923 bits per heavy atom. The second-order valence-electron chi connectivity index (χ2n) is 10.5. The molecular weight excluding hydrogens is 486 g/mol. The zero-order chi connectivity index (χ0) is 26.9. The quantitative estimate of drug-likeness (QED) is 0.292. The molecule has 2 aliphatic carbocycles. The van der Waals surface area contributed by atoms with Gasteiger partial charge in [0.2, 0.25) is 0 Å². The third-order valence-corrected chi connectivity index (χ3v) is 7.97. The number of carbonyl (C=O) groups is 2. The summed E-state index contributed by atoms with van der Waals surface area (Å²) in [6.07, 6.45) is 6.33. The maximum atomic E-state index is 13.8. The fraction of sp³-hybridized carbons (Fsp3) is 0.235. The van der Waals surface area contributed by atoms with Gasteiger partial charge in [0.05, 0.1) is 5.57 Å². The van der Waals surface area contributed by atoms with Crippen molar-refractivity contribution in [1.29, 1.82) is 0 Å². The number of phenols is 1. The van der Waals surface area contributed by atoms with Gasteiger partial charge in [-0.1, -0.05) is 72.8 Å². The number of carbonyl (C=O) groups excluding carboxylic acids is 2. The van der Waals surface area contributed by atoms with Crippen LogP contribution >= 0.6 is 0 Å². The lowest BCUT2D eigenvalue weighted by atomic mass is 9.71. The summed E-state index contributed by atoms with van der Waals surface area (Å²) >= 11 is 0. The number of esters is 1. The van der Waals surface area contributed by atoms with Crippen LogP contribution in [0.15, 0.2) is 114 Å². The summed E-state index contributed by atoms with van der Waals surface area (Å²) in [4.78, 5) is 27.3. The highest BCUT2D eigenvalue weighted by Crippen LogP contribution is 2.46. The molecule has 6 rings (SSSR count). The summed E-state index contributed by atoms with van der Waals surface area (Å²) in [5, 5.41) is 13.7. The topological polar surface area (TPSA) is 75.6 Å². The van der Waals surface area contributed by atoms with E-state index < -0.39 is 11.9 Å². The summed E-state index contributed by atoms with van der Waals surface area (Å²) in [5.41, 5.74) is 6.66. The number of phenolic OH excluding ortho intramolecular Hbond substituents is 1. The van der Waals surface area contributed by atoms with Crippen LogP contribution in [0.2, 0.25) is 0 Å². The summed E-state index contributed by atoms with van der Waals surface area (Å²) in [5.74, 6) is -0.893. The Kier molecular flexibility index (Phi) is 6.65. The first-order chi connectivity index (χ1) is 19.0. The molecule has 0 saturated heterocycles. The molecule has 1 aliphatic heterocycles. The number of ether oxygens (including phenoxy) is 1. The normalized spacial score (nSPS) is 22.5. The molecule has 3 aromatic rings. The van der Waals surface area contributed by atoms with E-state index in [1.807, 2.05) is 43.3 Å². The van der Waals surface area contributed by atoms with Crippen molar-refractivity contribution in [2.45, 2.75) is 50.5 Å². The molecule has 5 nitrogen and oxygen atoms in total. The van der Waals surface area contributed by atoms with Crippen molar-refractivity contribution in [2.24, 2.45) is 0 Å². The van der Waals surface area contributed by atoms with Crippen LogP contribution in [0.4, 0.5) is 0 Å². The fourth-order valence-electron chi connectivity index (χ4n) is 6.07. The lowest BCUT2D eigenvalue weighted by Crippen LogP contribution is -2.36. The van der Waals surface area contributed by atoms with Gasteiger partial charge in [-0.25, -0.2) is 4.79 Å². The molecule has 2 N–H and O–H groups in total. The number of Topliss-reactive ketones (excluding diaryl/α,β-unsaturated/α-hetero) is 1. The van der Waals surface area contributed by atoms with Gasteiger partial charge in [0.15, 0.2) is 5.78 Å². The molecular formula is C34H31NO4. The predicted molar refractivity (Wildman–Crippen MR) is 151 cm³/mol. The molecule has 0 bridgehead atoms. The van der Waals surface area contributed by atoms with Crippen molar-refractivity contribution in [1.82, 2.24) is 5.32 Å². The van der Waals surface area contributed by atoms with Crippen LogP contribution < -0.4 is 5.32 Å². The summed E-state index contributed by atoms with van der Waals surface area (Å²) in [6.45, 7) is 1.86. The van der Waals surface area contributed by atoms with E-state index in [1.54, 1.807) is 18.2 Å². The lowest BCUT2D eigenvalue weighted by molar-refractivity contribution is -0.142. The van der Waals surface area contributed by atoms with Crippen molar-refractivity contribution in [3.8, 4) is 16.9 Å². The average Bonchev–Trinajstić information content (AvgIpc) is 3.45. The van der Waals surface area contributed by atoms with Gasteiger partial charge in [-0.15, -0.1) is 0 Å². The Morgan fingerprint density at radius 2 is 1.69 bits per heavy atom. The van der Waals surface area contributed by atoms with Crippen LogP contribution in [0.3, 0.4) is 0 Å². The number of nitrogens with one attached hydrogen (secondary N) is 1. The highest BCUT2D eigenvalue weighted by Gasteiger charge is 2.42. The molecule has 0 aromatic heterocycles. The largest absolute Gasteiger partial charge is 0.508 e. The number of rotatable bonds is 5. The van der Waals surface area contributed by atoms with Crippen molar-refractivity contribution in [2.75, 3.05) is 0 Å². The molecule has 1 heterocycles. The smallest absolute Gasteiger partial charge is 0.337 e. The molecule has 5 heteroatoms. The number of dihydropyridines is 1. The fourth-order valence-corrected chi connectivity index (χ4v) is 6.07. The number of benzene rings is 3. The maximum absolute atomic E-state index is 13.8. The second kappa shape index (κ2) is 10.4. The molecule has 3 aromatic carbocycles. The van der Waals surface area contributed by atoms with Gasteiger partial charge in [0, 0.05) is 29.3 Å². The van der Waals surface area contributed by atoms with Gasteiger partial charge in [-0.3, -0.25) is 4.79 Å². The Labute approximate surface area is 228 Å². The number of aromatic hydroxyl groups is 1. The van der Waals surface area contributed by atoms with E-state index in [4.69, 9.17) is 4.74 Å². The van der Waals surface area contributed by atoms with E-state index in [2.05, 4.69) is 41.7 Å². The SMILES string of the molecule is CC1=C(C(=O)OC2C=CCC2)C(c2cccc(O)c2)C2=C(CC(c3ccc(-c4ccccc4)cc3)CC2=O)N1. The first-order valence-corrected chi connectivity index (χ1v) is 13.5. The van der Waals surface area contributed by atoms with E-state index >= 15 is 0 Å². The van der Waals surface area contributed by atoms with E-state index in [0.717, 1.165) is 35.2 Å². The van der Waals surface area contributed by atoms with Crippen molar-refractivity contribution >= 4 is 11.8 Å². The molecule has 0 amide bonds. The molecule has 196 valence electrons. The summed E-state index contributed by atoms with van der Waals surface area (Å²) in [7, 11) is 0. The third kappa shape index (κ3) is 4.92. The molecule has 0 radical (unpaired) electrons. The molecule has 39 heavy (non-hydrogen) atoms. The second-order valence-corrected chi connectivity index (χ2v) is 10.5. The van der Waals surface area contributed by atoms with Crippen LogP contribution in [-0.2, 0) is 14.3 Å². The molecule has 0 spiro atoms. The Bertz CT molecular complexity index is 1510. The highest BCUT2D eigenvalue weighted by atomic mass is 16.5. The van der Waals surface area contributed by atoms with Crippen LogP contribution in [0.25, 0.3) is 11.1 Å². The zero-order valence-corrected chi connectivity index (χ0v) is 21.9. The zero-order valence-electron chi connectivity index (χ0n) is 21.9. The van der Waals surface area contributed by atoms with Gasteiger partial charge in [-0.05, 0) is 72.6 Å². The minimum atomic E-state index is -0.597. The third-order valence-electron chi connectivity index (χ3n) is 7.97. The van der Waals surface area contributed by atoms with Gasteiger partial charge < -0.3 is 15.2 Å². The van der Waals surface area contributed by atoms with Crippen molar-refractivity contribution in [3.63, 3.8) is 0 Å². The standard InChI is InChI=1S/C34H31NO4/c1-21-31(34(38)39-28-12-5-6-13-28)32(25-10-7-11-27(36)18-25)33-29(35-21)19-26(20-30(33)37)24-16-14-23(15-17-24)22-8-3-2-4-9-22/h2-5,7-12,14-18,26,28,32,35-36H,6,13,19-20H2,1H3. The summed E-state index contributed by atoms with van der Waals surface area (Å²) in [6, 6.07) is 25.5. The van der Waals surface area contributed by atoms with Gasteiger partial charge in [0.1, 0.15) is 11.9 Å². The molecule has 3 atom stereocenters. The van der Waals surface area contributed by atoms with E-state index in [1.165, 1.54) is 0 Å². The minimum absolute atomic E-state index is 0.00721. The highest BCUT2D eigenvalue weighted by molar-refractivity contribution is 6.04. The Balaban J connectivity index is 1.33. The van der Waals surface area contributed by atoms with E-state index in [9.17, 15) is 14.7 Å². The average molecular weight is 518 g/mol. The van der Waals surface area contributed by atoms with Crippen molar-refractivity contribution in [3.05, 3.63) is 125 Å². The van der Waals surface area contributed by atoms with E-state index in [0.29, 0.717) is 35.2 Å². The molecule has 3 aliphatic rings. The van der Waals surface area contributed by atoms with Gasteiger partial charge in [-0.2, -0.15) is 0 Å². The first-order valence-electron chi connectivity index (χ1n) is 13.5.